The van der Waals surface area contributed by atoms with Crippen molar-refractivity contribution in [2.75, 3.05) is 47.4 Å². The molecule has 1 rings (SSSR count). The molecular formula is C20H41IN4O2. The van der Waals surface area contributed by atoms with Crippen molar-refractivity contribution in [1.29, 1.82) is 0 Å². The Morgan fingerprint density at radius 2 is 1.96 bits per heavy atom. The predicted octanol–water partition coefficient (Wildman–Crippen LogP) is 3.26. The summed E-state index contributed by atoms with van der Waals surface area (Å²) in [5, 5.41) is 6.94. The normalized spacial score (nSPS) is 16.3. The van der Waals surface area contributed by atoms with E-state index >= 15 is 0 Å². The van der Waals surface area contributed by atoms with Gasteiger partial charge in [0.25, 0.3) is 0 Å². The summed E-state index contributed by atoms with van der Waals surface area (Å²) in [7, 11) is 5.28. The topological polar surface area (TPSA) is 66.0 Å². The third-order valence-corrected chi connectivity index (χ3v) is 5.40. The number of carbonyl (C=O) groups excluding carboxylic acids is 1. The van der Waals surface area contributed by atoms with Crippen molar-refractivity contribution < 1.29 is 9.53 Å². The minimum atomic E-state index is 0. The van der Waals surface area contributed by atoms with Gasteiger partial charge in [-0.2, -0.15) is 0 Å². The van der Waals surface area contributed by atoms with Crippen LogP contribution in [0.15, 0.2) is 4.99 Å². The van der Waals surface area contributed by atoms with Gasteiger partial charge in [-0.05, 0) is 37.0 Å². The highest BCUT2D eigenvalue weighted by Crippen LogP contribution is 2.48. The Balaban J connectivity index is 0.00000676. The van der Waals surface area contributed by atoms with Crippen molar-refractivity contribution in [3.8, 4) is 0 Å². The molecule has 0 radical (unpaired) electrons. The van der Waals surface area contributed by atoms with Crippen LogP contribution in [0.1, 0.15) is 58.8 Å². The number of aliphatic imine (C=N–C) groups is 1. The lowest BCUT2D eigenvalue weighted by atomic mass is 9.99. The highest BCUT2D eigenvalue weighted by atomic mass is 127. The van der Waals surface area contributed by atoms with E-state index in [0.717, 1.165) is 38.5 Å². The Bertz CT molecular complexity index is 440. The molecule has 160 valence electrons. The molecule has 1 fully saturated rings. The van der Waals surface area contributed by atoms with E-state index in [1.807, 2.05) is 0 Å². The Kier molecular flexibility index (Phi) is 14.1. The van der Waals surface area contributed by atoms with Crippen molar-refractivity contribution in [1.82, 2.24) is 15.5 Å². The third-order valence-electron chi connectivity index (χ3n) is 5.40. The first-order chi connectivity index (χ1) is 12.5. The van der Waals surface area contributed by atoms with E-state index in [4.69, 9.17) is 4.74 Å². The molecule has 6 nitrogen and oxygen atoms in total. The third kappa shape index (κ3) is 11.1. The molecule has 0 aromatic carbocycles. The number of amides is 1. The molecule has 1 saturated carbocycles. The number of nitrogens with one attached hydrogen (secondary N) is 2. The molecule has 2 N–H and O–H groups in total. The van der Waals surface area contributed by atoms with Crippen LogP contribution in [0.2, 0.25) is 0 Å². The lowest BCUT2D eigenvalue weighted by molar-refractivity contribution is -0.127. The number of carbonyl (C=O) groups is 1. The molecule has 0 aromatic heterocycles. The van der Waals surface area contributed by atoms with Gasteiger partial charge in [0.2, 0.25) is 5.91 Å². The van der Waals surface area contributed by atoms with Crippen molar-refractivity contribution in [2.24, 2.45) is 16.3 Å². The smallest absolute Gasteiger partial charge is 0.243 e. The van der Waals surface area contributed by atoms with E-state index in [0.29, 0.717) is 11.3 Å². The van der Waals surface area contributed by atoms with E-state index in [-0.39, 0.29) is 36.4 Å². The van der Waals surface area contributed by atoms with E-state index < -0.39 is 0 Å². The Morgan fingerprint density at radius 1 is 1.26 bits per heavy atom. The Hall–Kier alpha value is -0.570. The van der Waals surface area contributed by atoms with E-state index in [1.165, 1.54) is 32.1 Å². The monoisotopic (exact) mass is 496 g/mol. The maximum Gasteiger partial charge on any atom is 0.243 e. The van der Waals surface area contributed by atoms with E-state index in [9.17, 15) is 4.79 Å². The van der Waals surface area contributed by atoms with Crippen molar-refractivity contribution in [3.05, 3.63) is 0 Å². The number of hydrogen-bond donors (Lipinski definition) is 2. The van der Waals surface area contributed by atoms with Crippen molar-refractivity contribution in [3.63, 3.8) is 0 Å². The number of likely N-dealkylation sites (N-methyl/N-ethyl adjacent to an activating group) is 1. The second-order valence-electron chi connectivity index (χ2n) is 7.85. The summed E-state index contributed by atoms with van der Waals surface area (Å²) in [4.78, 5) is 18.0. The summed E-state index contributed by atoms with van der Waals surface area (Å²) in [6, 6.07) is 0. The number of hydrogen-bond acceptors (Lipinski definition) is 3. The minimum Gasteiger partial charge on any atom is -0.385 e. The Labute approximate surface area is 183 Å². The molecule has 0 spiro atoms. The fourth-order valence-electron chi connectivity index (χ4n) is 2.93. The summed E-state index contributed by atoms with van der Waals surface area (Å²) in [5.74, 6) is 1.43. The van der Waals surface area contributed by atoms with Crippen LogP contribution < -0.4 is 10.6 Å². The van der Waals surface area contributed by atoms with Crippen molar-refractivity contribution >= 4 is 35.8 Å². The molecule has 1 atom stereocenters. The number of rotatable bonds is 13. The predicted molar refractivity (Wildman–Crippen MR) is 124 cm³/mol. The fourth-order valence-corrected chi connectivity index (χ4v) is 2.93. The van der Waals surface area contributed by atoms with Gasteiger partial charge >= 0.3 is 0 Å². The molecule has 27 heavy (non-hydrogen) atoms. The average molecular weight is 496 g/mol. The van der Waals surface area contributed by atoms with Crippen LogP contribution >= 0.6 is 24.0 Å². The van der Waals surface area contributed by atoms with Gasteiger partial charge in [-0.3, -0.25) is 4.79 Å². The number of halogens is 1. The maximum atomic E-state index is 11.9. The molecule has 1 aliphatic carbocycles. The van der Waals surface area contributed by atoms with Crippen LogP contribution in [0.3, 0.4) is 0 Å². The molecule has 0 heterocycles. The summed E-state index contributed by atoms with van der Waals surface area (Å²) in [6.45, 7) is 7.25. The van der Waals surface area contributed by atoms with Gasteiger partial charge in [0.1, 0.15) is 6.54 Å². The fraction of sp³-hybridized carbons (Fsp3) is 0.900. The van der Waals surface area contributed by atoms with Gasteiger partial charge in [0.15, 0.2) is 5.96 Å². The number of ether oxygens (including phenoxy) is 1. The number of guanidine groups is 1. The summed E-state index contributed by atoms with van der Waals surface area (Å²) < 4.78 is 5.24. The quantitative estimate of drug-likeness (QED) is 0.234. The van der Waals surface area contributed by atoms with Crippen molar-refractivity contribution in [2.45, 2.75) is 58.8 Å². The maximum absolute atomic E-state index is 11.9. The van der Waals surface area contributed by atoms with Gasteiger partial charge in [0, 0.05) is 40.9 Å². The van der Waals surface area contributed by atoms with Crippen LogP contribution in [0.5, 0.6) is 0 Å². The van der Waals surface area contributed by atoms with Gasteiger partial charge < -0.3 is 20.3 Å². The van der Waals surface area contributed by atoms with Crippen LogP contribution in [0, 0.1) is 11.3 Å². The highest BCUT2D eigenvalue weighted by molar-refractivity contribution is 14.0. The number of unbranched alkanes of at least 4 members (excludes halogenated alkanes) is 1. The van der Waals surface area contributed by atoms with E-state index in [1.54, 1.807) is 26.1 Å². The largest absolute Gasteiger partial charge is 0.385 e. The van der Waals surface area contributed by atoms with Gasteiger partial charge in [-0.25, -0.2) is 4.99 Å². The molecule has 7 heteroatoms. The first kappa shape index (κ1) is 26.4. The van der Waals surface area contributed by atoms with Crippen LogP contribution in [0.4, 0.5) is 0 Å². The van der Waals surface area contributed by atoms with Gasteiger partial charge in [0.05, 0.1) is 0 Å². The lowest BCUT2D eigenvalue weighted by Crippen LogP contribution is -2.43. The average Bonchev–Trinajstić information content (AvgIpc) is 3.41. The second-order valence-corrected chi connectivity index (χ2v) is 7.85. The van der Waals surface area contributed by atoms with Gasteiger partial charge in [-0.15, -0.1) is 24.0 Å². The second kappa shape index (κ2) is 14.4. The van der Waals surface area contributed by atoms with E-state index in [2.05, 4.69) is 29.5 Å². The Morgan fingerprint density at radius 3 is 2.48 bits per heavy atom. The zero-order valence-corrected chi connectivity index (χ0v) is 20.3. The zero-order valence-electron chi connectivity index (χ0n) is 18.0. The zero-order chi connectivity index (χ0) is 19.4. The first-order valence-electron chi connectivity index (χ1n) is 10.2. The summed E-state index contributed by atoms with van der Waals surface area (Å²) in [6.07, 6.45) is 8.45. The molecule has 0 aromatic rings. The molecule has 0 saturated heterocycles. The minimum absolute atomic E-state index is 0. The van der Waals surface area contributed by atoms with Crippen LogP contribution in [0.25, 0.3) is 0 Å². The molecule has 0 aliphatic heterocycles. The number of methoxy groups -OCH3 is 1. The molecule has 1 aliphatic rings. The summed E-state index contributed by atoms with van der Waals surface area (Å²) in [5.41, 5.74) is 0.344. The summed E-state index contributed by atoms with van der Waals surface area (Å²) >= 11 is 0. The van der Waals surface area contributed by atoms with Crippen LogP contribution in [-0.2, 0) is 9.53 Å². The lowest BCUT2D eigenvalue weighted by Gasteiger charge is -2.21. The molecule has 1 unspecified atom stereocenters. The number of nitrogens with zero attached hydrogens (tertiary/aromatic N) is 2. The highest BCUT2D eigenvalue weighted by Gasteiger charge is 2.41. The van der Waals surface area contributed by atoms with Gasteiger partial charge in [-0.1, -0.05) is 33.1 Å². The molecule has 1 amide bonds. The van der Waals surface area contributed by atoms with Crippen LogP contribution in [-0.4, -0.2) is 64.2 Å². The molecular weight excluding hydrogens is 455 g/mol. The SMILES string of the molecule is CCCCC(CC)CNC(=NCC(=O)N(C)C)NCC1(CCOC)CC1.I. The standard InChI is InChI=1S/C20H40N4O2.HI/c1-6-8-9-17(7-2)14-21-19(22-15-18(25)24(3)4)23-16-20(10-11-20)12-13-26-5;/h17H,6-16H2,1-5H3,(H2,21,22,23);1H. The first-order valence-corrected chi connectivity index (χ1v) is 10.2. The molecule has 0 bridgehead atoms.